The molecule has 0 amide bonds. The molecule has 4 heterocycles. The third kappa shape index (κ3) is 2.40. The summed E-state index contributed by atoms with van der Waals surface area (Å²) in [5.41, 5.74) is 3.41. The van der Waals surface area contributed by atoms with Crippen molar-refractivity contribution >= 4 is 43.5 Å². The van der Waals surface area contributed by atoms with E-state index in [-0.39, 0.29) is 5.56 Å². The highest BCUT2D eigenvalue weighted by molar-refractivity contribution is 7.19. The summed E-state index contributed by atoms with van der Waals surface area (Å²) < 4.78 is 6.24. The lowest BCUT2D eigenvalue weighted by Crippen LogP contribution is -2.24. The first-order valence-corrected chi connectivity index (χ1v) is 9.78. The summed E-state index contributed by atoms with van der Waals surface area (Å²) in [6, 6.07) is 6.01. The maximum atomic E-state index is 13.2. The van der Waals surface area contributed by atoms with Crippen molar-refractivity contribution < 1.29 is 0 Å². The molecule has 0 aliphatic rings. The van der Waals surface area contributed by atoms with Crippen LogP contribution in [0.15, 0.2) is 35.4 Å². The summed E-state index contributed by atoms with van der Waals surface area (Å²) in [6.07, 6.45) is 3.61. The second-order valence-electron chi connectivity index (χ2n) is 6.84. The zero-order valence-corrected chi connectivity index (χ0v) is 16.6. The first kappa shape index (κ1) is 17.1. The fourth-order valence-electron chi connectivity index (χ4n) is 3.71. The zero-order valence-electron chi connectivity index (χ0n) is 15.8. The average Bonchev–Trinajstić information content (AvgIpc) is 3.34. The molecule has 28 heavy (non-hydrogen) atoms. The number of nitrogens with zero attached hydrogens (tertiary/aromatic N) is 6. The van der Waals surface area contributed by atoms with Crippen molar-refractivity contribution in [2.24, 2.45) is 14.1 Å². The highest BCUT2D eigenvalue weighted by atomic mass is 32.1. The van der Waals surface area contributed by atoms with E-state index in [1.165, 1.54) is 4.68 Å². The van der Waals surface area contributed by atoms with Crippen LogP contribution in [0, 0.1) is 0 Å². The van der Waals surface area contributed by atoms with Crippen molar-refractivity contribution in [2.75, 3.05) is 7.05 Å². The Hall–Kier alpha value is -3.04. The minimum atomic E-state index is -0.110. The lowest BCUT2D eigenvalue weighted by atomic mass is 10.1. The number of hydrogen-bond acceptors (Lipinski definition) is 6. The van der Waals surface area contributed by atoms with E-state index in [9.17, 15) is 4.79 Å². The van der Waals surface area contributed by atoms with Gasteiger partial charge in [-0.15, -0.1) is 11.3 Å². The molecule has 0 aliphatic heterocycles. The monoisotopic (exact) mass is 393 g/mol. The molecule has 142 valence electrons. The summed E-state index contributed by atoms with van der Waals surface area (Å²) in [7, 11) is 5.70. The Labute approximate surface area is 164 Å². The van der Waals surface area contributed by atoms with Gasteiger partial charge in [0, 0.05) is 31.4 Å². The van der Waals surface area contributed by atoms with Gasteiger partial charge in [-0.1, -0.05) is 12.1 Å². The molecule has 1 N–H and O–H groups in total. The van der Waals surface area contributed by atoms with E-state index in [4.69, 9.17) is 0 Å². The van der Waals surface area contributed by atoms with E-state index in [1.54, 1.807) is 17.5 Å². The number of hydrogen-bond donors (Lipinski definition) is 1. The molecule has 5 aromatic rings. The molecule has 1 aromatic carbocycles. The molecule has 4 aromatic heterocycles. The summed E-state index contributed by atoms with van der Waals surface area (Å²) in [6.45, 7) is 1.11. The van der Waals surface area contributed by atoms with Gasteiger partial charge < -0.3 is 9.88 Å². The fourth-order valence-corrected chi connectivity index (χ4v) is 4.83. The van der Waals surface area contributed by atoms with Crippen LogP contribution in [0.1, 0.15) is 10.6 Å². The van der Waals surface area contributed by atoms with Crippen molar-refractivity contribution in [3.8, 4) is 0 Å². The standard InChI is InChI=1S/C19H19N7OS/c1-20-9-15-23-18-17(28-15)13-8-22-26(19(27)16(13)24(18)2)10-11-5-4-6-14-12(11)7-21-25(14)3/h4-8,20H,9-10H2,1-3H3. The van der Waals surface area contributed by atoms with E-state index in [1.807, 2.05) is 54.8 Å². The highest BCUT2D eigenvalue weighted by Gasteiger charge is 2.18. The zero-order chi connectivity index (χ0) is 19.4. The van der Waals surface area contributed by atoms with Gasteiger partial charge in [0.05, 0.1) is 29.2 Å². The molecular formula is C19H19N7OS. The summed E-state index contributed by atoms with van der Waals surface area (Å²) >= 11 is 1.60. The molecule has 0 unspecified atom stereocenters. The number of thiazole rings is 1. The Morgan fingerprint density at radius 2 is 1.96 bits per heavy atom. The van der Waals surface area contributed by atoms with E-state index < -0.39 is 0 Å². The molecule has 0 aliphatic carbocycles. The van der Waals surface area contributed by atoms with Crippen LogP contribution in [0.5, 0.6) is 0 Å². The fraction of sp³-hybridized carbons (Fsp3) is 0.263. The second kappa shape index (κ2) is 6.25. The molecule has 0 spiro atoms. The van der Waals surface area contributed by atoms with E-state index in [0.717, 1.165) is 37.2 Å². The van der Waals surface area contributed by atoms with Crippen LogP contribution < -0.4 is 10.9 Å². The molecule has 9 heteroatoms. The van der Waals surface area contributed by atoms with Crippen molar-refractivity contribution in [2.45, 2.75) is 13.1 Å². The molecular weight excluding hydrogens is 374 g/mol. The van der Waals surface area contributed by atoms with Gasteiger partial charge in [0.25, 0.3) is 5.56 Å². The third-order valence-corrected chi connectivity index (χ3v) is 6.18. The quantitative estimate of drug-likeness (QED) is 0.505. The second-order valence-corrected chi connectivity index (χ2v) is 7.92. The van der Waals surface area contributed by atoms with Crippen LogP contribution in [-0.4, -0.2) is 36.2 Å². The number of rotatable bonds is 4. The SMILES string of the molecule is CNCc1nc2c(s1)c1cnn(Cc3cccc4c3cnn4C)c(=O)c1n2C. The number of aromatic nitrogens is 6. The normalized spacial score (nSPS) is 12.0. The molecule has 0 saturated carbocycles. The van der Waals surface area contributed by atoms with Crippen LogP contribution in [0.3, 0.4) is 0 Å². The number of fused-ring (bicyclic) bond motifs is 4. The lowest BCUT2D eigenvalue weighted by Gasteiger charge is -2.07. The summed E-state index contributed by atoms with van der Waals surface area (Å²) in [5, 5.41) is 14.8. The van der Waals surface area contributed by atoms with Gasteiger partial charge in [0.15, 0.2) is 5.65 Å². The largest absolute Gasteiger partial charge is 0.323 e. The Morgan fingerprint density at radius 1 is 1.14 bits per heavy atom. The Bertz CT molecular complexity index is 1400. The molecule has 8 nitrogen and oxygen atoms in total. The molecule has 0 radical (unpaired) electrons. The number of aryl methyl sites for hydroxylation is 2. The van der Waals surface area contributed by atoms with Crippen molar-refractivity contribution in [3.05, 3.63) is 51.5 Å². The number of nitrogens with one attached hydrogen (secondary N) is 1. The topological polar surface area (TPSA) is 82.6 Å². The Balaban J connectivity index is 1.65. The minimum absolute atomic E-state index is 0.110. The third-order valence-electron chi connectivity index (χ3n) is 5.10. The molecule has 5 rings (SSSR count). The minimum Gasteiger partial charge on any atom is -0.323 e. The average molecular weight is 393 g/mol. The highest BCUT2D eigenvalue weighted by Crippen LogP contribution is 2.30. The van der Waals surface area contributed by atoms with Gasteiger partial charge in [-0.05, 0) is 18.7 Å². The Kier molecular flexibility index (Phi) is 3.81. The van der Waals surface area contributed by atoms with Crippen molar-refractivity contribution in [1.82, 2.24) is 34.4 Å². The van der Waals surface area contributed by atoms with Gasteiger partial charge in [0.1, 0.15) is 10.5 Å². The lowest BCUT2D eigenvalue weighted by molar-refractivity contribution is 0.647. The first-order valence-electron chi connectivity index (χ1n) is 8.96. The van der Waals surface area contributed by atoms with Gasteiger partial charge in [-0.3, -0.25) is 9.48 Å². The van der Waals surface area contributed by atoms with Gasteiger partial charge in [-0.25, -0.2) is 9.67 Å². The van der Waals surface area contributed by atoms with Gasteiger partial charge in [-0.2, -0.15) is 10.2 Å². The predicted octanol–water partition coefficient (Wildman–Crippen LogP) is 2.00. The predicted molar refractivity (Wildman–Crippen MR) is 111 cm³/mol. The smallest absolute Gasteiger partial charge is 0.291 e. The Morgan fingerprint density at radius 3 is 2.79 bits per heavy atom. The van der Waals surface area contributed by atoms with Crippen LogP contribution in [-0.2, 0) is 27.2 Å². The van der Waals surface area contributed by atoms with Crippen molar-refractivity contribution in [3.63, 3.8) is 0 Å². The number of benzene rings is 1. The van der Waals surface area contributed by atoms with Gasteiger partial charge in [0.2, 0.25) is 0 Å². The van der Waals surface area contributed by atoms with E-state index in [2.05, 4.69) is 20.5 Å². The summed E-state index contributed by atoms with van der Waals surface area (Å²) in [4.78, 5) is 17.9. The first-order chi connectivity index (χ1) is 13.6. The van der Waals surface area contributed by atoms with E-state index in [0.29, 0.717) is 18.6 Å². The maximum Gasteiger partial charge on any atom is 0.291 e. The van der Waals surface area contributed by atoms with Crippen LogP contribution in [0.4, 0.5) is 0 Å². The van der Waals surface area contributed by atoms with Crippen LogP contribution in [0.25, 0.3) is 32.2 Å². The molecule has 0 bridgehead atoms. The van der Waals surface area contributed by atoms with Crippen LogP contribution >= 0.6 is 11.3 Å². The molecule has 0 atom stereocenters. The summed E-state index contributed by atoms with van der Waals surface area (Å²) in [5.74, 6) is 0. The van der Waals surface area contributed by atoms with Crippen molar-refractivity contribution in [1.29, 1.82) is 0 Å². The molecule has 0 fully saturated rings. The molecule has 0 saturated heterocycles. The van der Waals surface area contributed by atoms with E-state index >= 15 is 0 Å². The van der Waals surface area contributed by atoms with Gasteiger partial charge >= 0.3 is 0 Å². The maximum absolute atomic E-state index is 13.2. The van der Waals surface area contributed by atoms with Crippen LogP contribution in [0.2, 0.25) is 0 Å².